The Morgan fingerprint density at radius 1 is 1.00 bits per heavy atom. The highest BCUT2D eigenvalue weighted by Gasteiger charge is 2.61. The van der Waals surface area contributed by atoms with Crippen LogP contribution in [0, 0.1) is 0 Å². The number of rotatable bonds is 2. The first-order chi connectivity index (χ1) is 10.4. The van der Waals surface area contributed by atoms with Crippen molar-refractivity contribution in [1.82, 2.24) is 0 Å². The van der Waals surface area contributed by atoms with E-state index in [2.05, 4.69) is 32.9 Å². The minimum atomic E-state index is -1.41. The fourth-order valence-electron chi connectivity index (χ4n) is 2.87. The van der Waals surface area contributed by atoms with E-state index in [1.807, 2.05) is 6.07 Å². The van der Waals surface area contributed by atoms with E-state index in [9.17, 15) is 4.79 Å². The molecule has 0 aromatic heterocycles. The van der Waals surface area contributed by atoms with Crippen molar-refractivity contribution < 1.29 is 14.3 Å². The van der Waals surface area contributed by atoms with Crippen molar-refractivity contribution >= 4 is 5.78 Å². The molecule has 2 aliphatic rings. The Balaban J connectivity index is 2.19. The molecule has 2 unspecified atom stereocenters. The van der Waals surface area contributed by atoms with Gasteiger partial charge < -0.3 is 9.47 Å². The zero-order chi connectivity index (χ0) is 16.1. The molecule has 1 aliphatic carbocycles. The maximum Gasteiger partial charge on any atom is 0.273 e. The topological polar surface area (TPSA) is 35.5 Å². The van der Waals surface area contributed by atoms with Crippen molar-refractivity contribution in [2.75, 3.05) is 0 Å². The first-order valence-electron chi connectivity index (χ1n) is 6.81. The number of ether oxygens (including phenoxy) is 2. The monoisotopic (exact) mass is 292 g/mol. The van der Waals surface area contributed by atoms with Gasteiger partial charge in [0.05, 0.1) is 0 Å². The summed E-state index contributed by atoms with van der Waals surface area (Å²) < 4.78 is 11.4. The standard InChI is InChI=1S/C19H16O3/c1-11-12(2)14(4)19(17(20)16-9-7-6-8-10-16)18(13(11)3)21-15(5)22-19/h6-10,18H,1-5H2. The van der Waals surface area contributed by atoms with Gasteiger partial charge in [0.2, 0.25) is 11.4 Å². The molecule has 0 spiro atoms. The SMILES string of the molecule is C=C1OC2C(=C)C(=C)C(=C)C(=C)C2(C(=O)c2ccccc2)O1. The molecule has 1 aromatic carbocycles. The van der Waals surface area contributed by atoms with E-state index in [0.29, 0.717) is 27.9 Å². The number of hydrogen-bond acceptors (Lipinski definition) is 3. The molecule has 1 aromatic rings. The van der Waals surface area contributed by atoms with E-state index < -0.39 is 11.7 Å². The first-order valence-corrected chi connectivity index (χ1v) is 6.81. The van der Waals surface area contributed by atoms with Crippen LogP contribution in [0.15, 0.2) is 91.5 Å². The number of fused-ring (bicyclic) bond motifs is 1. The maximum atomic E-state index is 13.1. The van der Waals surface area contributed by atoms with Crippen LogP contribution in [0.5, 0.6) is 0 Å². The Bertz CT molecular complexity index is 754. The third kappa shape index (κ3) is 1.65. The van der Waals surface area contributed by atoms with Gasteiger partial charge in [-0.15, -0.1) is 0 Å². The molecule has 22 heavy (non-hydrogen) atoms. The van der Waals surface area contributed by atoms with E-state index in [0.717, 1.165) is 0 Å². The molecule has 0 amide bonds. The van der Waals surface area contributed by atoms with E-state index in [4.69, 9.17) is 9.47 Å². The Hall–Kier alpha value is -2.81. The van der Waals surface area contributed by atoms with Gasteiger partial charge in [-0.1, -0.05) is 56.6 Å². The molecule has 1 heterocycles. The summed E-state index contributed by atoms with van der Waals surface area (Å²) in [5.74, 6) is -0.185. The van der Waals surface area contributed by atoms with Crippen LogP contribution in [0.2, 0.25) is 0 Å². The molecule has 0 N–H and O–H groups in total. The fraction of sp³-hybridized carbons (Fsp3) is 0.105. The van der Waals surface area contributed by atoms with Crippen molar-refractivity contribution in [3.63, 3.8) is 0 Å². The molecule has 3 nitrogen and oxygen atoms in total. The summed E-state index contributed by atoms with van der Waals surface area (Å²) in [6.45, 7) is 19.6. The lowest BCUT2D eigenvalue weighted by atomic mass is 9.68. The average Bonchev–Trinajstić information content (AvgIpc) is 2.89. The zero-order valence-electron chi connectivity index (χ0n) is 12.2. The summed E-state index contributed by atoms with van der Waals surface area (Å²) in [6, 6.07) is 8.86. The van der Waals surface area contributed by atoms with Gasteiger partial charge in [-0.25, -0.2) is 0 Å². The van der Waals surface area contributed by atoms with E-state index in [1.54, 1.807) is 24.3 Å². The largest absolute Gasteiger partial charge is 0.452 e. The molecular formula is C19H16O3. The molecule has 110 valence electrons. The summed E-state index contributed by atoms with van der Waals surface area (Å²) in [4.78, 5) is 13.1. The fourth-order valence-corrected chi connectivity index (χ4v) is 2.87. The lowest BCUT2D eigenvalue weighted by Gasteiger charge is -2.39. The minimum Gasteiger partial charge on any atom is -0.452 e. The Morgan fingerprint density at radius 2 is 1.64 bits per heavy atom. The third-order valence-corrected chi connectivity index (χ3v) is 4.15. The molecule has 2 fully saturated rings. The van der Waals surface area contributed by atoms with Crippen LogP contribution in [0.1, 0.15) is 10.4 Å². The van der Waals surface area contributed by atoms with Crippen LogP contribution in [0.25, 0.3) is 0 Å². The number of Topliss-reactive ketones (excluding diaryl/α,β-unsaturated/α-hetero) is 1. The van der Waals surface area contributed by atoms with E-state index in [-0.39, 0.29) is 11.7 Å². The molecule has 1 saturated heterocycles. The third-order valence-electron chi connectivity index (χ3n) is 4.15. The second-order valence-electron chi connectivity index (χ2n) is 5.36. The van der Waals surface area contributed by atoms with Crippen LogP contribution in [0.3, 0.4) is 0 Å². The zero-order valence-corrected chi connectivity index (χ0v) is 12.2. The highest BCUT2D eigenvalue weighted by atomic mass is 16.7. The van der Waals surface area contributed by atoms with Gasteiger partial charge in [0, 0.05) is 11.1 Å². The van der Waals surface area contributed by atoms with Gasteiger partial charge in [-0.3, -0.25) is 4.79 Å². The number of hydrogen-bond donors (Lipinski definition) is 0. The molecule has 3 rings (SSSR count). The Morgan fingerprint density at radius 3 is 2.27 bits per heavy atom. The van der Waals surface area contributed by atoms with Gasteiger partial charge in [-0.05, 0) is 23.3 Å². The summed E-state index contributed by atoms with van der Waals surface area (Å²) in [6.07, 6.45) is -0.724. The predicted molar refractivity (Wildman–Crippen MR) is 85.2 cm³/mol. The van der Waals surface area contributed by atoms with E-state index in [1.165, 1.54) is 0 Å². The van der Waals surface area contributed by atoms with Crippen molar-refractivity contribution in [2.24, 2.45) is 0 Å². The normalized spacial score (nSPS) is 27.3. The van der Waals surface area contributed by atoms with Crippen molar-refractivity contribution in [3.8, 4) is 0 Å². The van der Waals surface area contributed by atoms with Gasteiger partial charge >= 0.3 is 0 Å². The van der Waals surface area contributed by atoms with Crippen molar-refractivity contribution in [3.05, 3.63) is 97.0 Å². The average molecular weight is 292 g/mol. The molecule has 2 atom stereocenters. The summed E-state index contributed by atoms with van der Waals surface area (Å²) >= 11 is 0. The second-order valence-corrected chi connectivity index (χ2v) is 5.36. The van der Waals surface area contributed by atoms with Crippen molar-refractivity contribution in [2.45, 2.75) is 11.7 Å². The van der Waals surface area contributed by atoms with Crippen LogP contribution in [0.4, 0.5) is 0 Å². The Kier molecular flexibility index (Phi) is 2.96. The first kappa shape index (κ1) is 14.1. The van der Waals surface area contributed by atoms with Gasteiger partial charge in [0.25, 0.3) is 5.95 Å². The summed E-state index contributed by atoms with van der Waals surface area (Å²) in [7, 11) is 0. The Labute approximate surface area is 129 Å². The smallest absolute Gasteiger partial charge is 0.273 e. The second kappa shape index (κ2) is 4.60. The number of carbonyl (C=O) groups is 1. The lowest BCUT2D eigenvalue weighted by Crippen LogP contribution is -2.52. The molecule has 0 radical (unpaired) electrons. The lowest BCUT2D eigenvalue weighted by molar-refractivity contribution is 0.0459. The minimum absolute atomic E-state index is 0.0686. The number of benzene rings is 1. The molecule has 3 heteroatoms. The van der Waals surface area contributed by atoms with E-state index >= 15 is 0 Å². The molecule has 1 saturated carbocycles. The summed E-state index contributed by atoms with van der Waals surface area (Å²) in [5, 5.41) is 0. The van der Waals surface area contributed by atoms with Crippen LogP contribution in [-0.2, 0) is 9.47 Å². The number of ketones is 1. The quantitative estimate of drug-likeness (QED) is 0.779. The molecule has 1 aliphatic heterocycles. The number of carbonyl (C=O) groups excluding carboxylic acids is 1. The molecule has 0 bridgehead atoms. The van der Waals surface area contributed by atoms with Gasteiger partial charge in [-0.2, -0.15) is 0 Å². The summed E-state index contributed by atoms with van der Waals surface area (Å²) in [5.41, 5.74) is 1.24. The molecular weight excluding hydrogens is 276 g/mol. The van der Waals surface area contributed by atoms with Crippen LogP contribution in [-0.4, -0.2) is 17.5 Å². The predicted octanol–water partition coefficient (Wildman–Crippen LogP) is 3.73. The maximum absolute atomic E-state index is 13.1. The van der Waals surface area contributed by atoms with Crippen LogP contribution >= 0.6 is 0 Å². The van der Waals surface area contributed by atoms with Crippen molar-refractivity contribution in [1.29, 1.82) is 0 Å². The highest BCUT2D eigenvalue weighted by molar-refractivity contribution is 6.07. The van der Waals surface area contributed by atoms with Gasteiger partial charge in [0.1, 0.15) is 0 Å². The highest BCUT2D eigenvalue weighted by Crippen LogP contribution is 2.51. The van der Waals surface area contributed by atoms with Gasteiger partial charge in [0.15, 0.2) is 6.10 Å². The van der Waals surface area contributed by atoms with Crippen LogP contribution < -0.4 is 0 Å².